The molecule has 0 unspecified atom stereocenters. The van der Waals surface area contributed by atoms with E-state index in [9.17, 15) is 19.5 Å². The fraction of sp³-hybridized carbons (Fsp3) is 0.526. The number of benzene rings is 1. The van der Waals surface area contributed by atoms with Gasteiger partial charge in [-0.25, -0.2) is 0 Å². The van der Waals surface area contributed by atoms with Crippen LogP contribution in [0.5, 0.6) is 5.75 Å². The Labute approximate surface area is 158 Å². The third-order valence-electron chi connectivity index (χ3n) is 5.54. The third kappa shape index (κ3) is 3.75. The highest BCUT2D eigenvalue weighted by Gasteiger charge is 2.56. The van der Waals surface area contributed by atoms with Crippen LogP contribution in [0.2, 0.25) is 0 Å². The Hall–Kier alpha value is -2.61. The summed E-state index contributed by atoms with van der Waals surface area (Å²) in [5.74, 6) is -2.48. The molecule has 3 atom stereocenters. The zero-order valence-corrected chi connectivity index (χ0v) is 16.0. The van der Waals surface area contributed by atoms with Gasteiger partial charge in [-0.1, -0.05) is 19.1 Å². The number of carboxylic acids is 2. The second-order valence-corrected chi connectivity index (χ2v) is 6.92. The number of rotatable bonds is 7. The van der Waals surface area contributed by atoms with Crippen molar-refractivity contribution in [2.75, 3.05) is 27.7 Å². The minimum absolute atomic E-state index is 0.120. The van der Waals surface area contributed by atoms with E-state index < -0.39 is 36.0 Å². The number of nitrogens with zero attached hydrogens (tertiary/aromatic N) is 2. The molecule has 1 aromatic rings. The van der Waals surface area contributed by atoms with Gasteiger partial charge >= 0.3 is 11.9 Å². The summed E-state index contributed by atoms with van der Waals surface area (Å²) < 4.78 is 5.17. The zero-order valence-electron chi connectivity index (χ0n) is 16.0. The fourth-order valence-corrected chi connectivity index (χ4v) is 3.98. The molecule has 0 aliphatic carbocycles. The van der Waals surface area contributed by atoms with Gasteiger partial charge in [0.05, 0.1) is 13.0 Å². The van der Waals surface area contributed by atoms with E-state index in [1.807, 2.05) is 12.1 Å². The molecule has 1 fully saturated rings. The number of likely N-dealkylation sites (tertiary alicyclic amines) is 1. The number of hydrogen-bond acceptors (Lipinski definition) is 5. The Bertz CT molecular complexity index is 719. The van der Waals surface area contributed by atoms with Gasteiger partial charge in [-0.2, -0.15) is 0 Å². The molecule has 2 rings (SSSR count). The van der Waals surface area contributed by atoms with Crippen molar-refractivity contribution >= 4 is 17.8 Å². The summed E-state index contributed by atoms with van der Waals surface area (Å²) >= 11 is 0. The number of aliphatic carboxylic acids is 2. The number of hydrogen-bond donors (Lipinski definition) is 2. The maximum absolute atomic E-state index is 13.0. The normalized spacial score (nSPS) is 25.2. The molecule has 0 aromatic heterocycles. The molecule has 0 radical (unpaired) electrons. The van der Waals surface area contributed by atoms with E-state index in [-0.39, 0.29) is 12.3 Å². The van der Waals surface area contributed by atoms with Crippen LogP contribution in [0.4, 0.5) is 0 Å². The van der Waals surface area contributed by atoms with Crippen LogP contribution < -0.4 is 4.74 Å². The van der Waals surface area contributed by atoms with Gasteiger partial charge in [0.15, 0.2) is 0 Å². The van der Waals surface area contributed by atoms with Crippen molar-refractivity contribution in [3.63, 3.8) is 0 Å². The predicted molar refractivity (Wildman–Crippen MR) is 97.5 cm³/mol. The standard InChI is InChI=1S/C19H26N2O6/c1-5-19(18(25)26)10-14(17(24)20(2)11-15(22)23)16(21(19)3)12-6-8-13(27-4)9-7-12/h6-9,14,16H,5,10-11H2,1-4H3,(H,22,23)(H,25,26)/t14-,16-,19-/m1/s1. The first-order valence-electron chi connectivity index (χ1n) is 8.75. The van der Waals surface area contributed by atoms with E-state index in [1.54, 1.807) is 38.1 Å². The second kappa shape index (κ2) is 7.96. The topological polar surface area (TPSA) is 107 Å². The fourth-order valence-electron chi connectivity index (χ4n) is 3.98. The first kappa shape index (κ1) is 20.7. The smallest absolute Gasteiger partial charge is 0.324 e. The average molecular weight is 378 g/mol. The molecule has 27 heavy (non-hydrogen) atoms. The Morgan fingerprint density at radius 2 is 1.85 bits per heavy atom. The first-order valence-corrected chi connectivity index (χ1v) is 8.75. The van der Waals surface area contributed by atoms with Gasteiger partial charge < -0.3 is 19.8 Å². The highest BCUT2D eigenvalue weighted by molar-refractivity contribution is 5.87. The molecule has 8 nitrogen and oxygen atoms in total. The molecule has 0 saturated carbocycles. The molecule has 8 heteroatoms. The molecular weight excluding hydrogens is 352 g/mol. The Morgan fingerprint density at radius 1 is 1.26 bits per heavy atom. The zero-order chi connectivity index (χ0) is 20.4. The summed E-state index contributed by atoms with van der Waals surface area (Å²) in [6.45, 7) is 1.35. The van der Waals surface area contributed by atoms with Crippen LogP contribution in [0.25, 0.3) is 0 Å². The van der Waals surface area contributed by atoms with Crippen molar-refractivity contribution in [1.29, 1.82) is 0 Å². The Balaban J connectivity index is 2.47. The lowest BCUT2D eigenvalue weighted by Gasteiger charge is -2.34. The monoisotopic (exact) mass is 378 g/mol. The summed E-state index contributed by atoms with van der Waals surface area (Å²) in [5.41, 5.74) is -0.397. The molecule has 0 bridgehead atoms. The third-order valence-corrected chi connectivity index (χ3v) is 5.54. The van der Waals surface area contributed by atoms with Crippen LogP contribution in [-0.2, 0) is 14.4 Å². The summed E-state index contributed by atoms with van der Waals surface area (Å²) in [4.78, 5) is 38.9. The van der Waals surface area contributed by atoms with Crippen molar-refractivity contribution < 1.29 is 29.3 Å². The molecule has 1 aromatic carbocycles. The molecule has 0 spiro atoms. The lowest BCUT2D eigenvalue weighted by atomic mass is 9.86. The van der Waals surface area contributed by atoms with Crippen LogP contribution in [0.3, 0.4) is 0 Å². The quantitative estimate of drug-likeness (QED) is 0.740. The number of methoxy groups -OCH3 is 1. The predicted octanol–water partition coefficient (Wildman–Crippen LogP) is 1.46. The number of carbonyl (C=O) groups excluding carboxylic acids is 1. The number of ether oxygens (including phenoxy) is 1. The number of amides is 1. The highest BCUT2D eigenvalue weighted by Crippen LogP contribution is 2.48. The highest BCUT2D eigenvalue weighted by atomic mass is 16.5. The van der Waals surface area contributed by atoms with E-state index in [0.29, 0.717) is 12.2 Å². The maximum Gasteiger partial charge on any atom is 0.324 e. The van der Waals surface area contributed by atoms with Crippen LogP contribution in [0.15, 0.2) is 24.3 Å². The van der Waals surface area contributed by atoms with E-state index in [1.165, 1.54) is 7.05 Å². The van der Waals surface area contributed by atoms with Gasteiger partial charge in [0.1, 0.15) is 17.8 Å². The lowest BCUT2D eigenvalue weighted by Crippen LogP contribution is -2.48. The Kier molecular flexibility index (Phi) is 6.10. The molecule has 2 N–H and O–H groups in total. The molecule has 1 amide bonds. The van der Waals surface area contributed by atoms with Crippen molar-refractivity contribution in [2.45, 2.75) is 31.3 Å². The molecule has 1 aliphatic rings. The Morgan fingerprint density at radius 3 is 2.30 bits per heavy atom. The summed E-state index contributed by atoms with van der Waals surface area (Å²) in [5, 5.41) is 18.9. The van der Waals surface area contributed by atoms with Crippen LogP contribution in [0, 0.1) is 5.92 Å². The maximum atomic E-state index is 13.0. The van der Waals surface area contributed by atoms with Gasteiger partial charge in [-0.15, -0.1) is 0 Å². The number of carbonyl (C=O) groups is 3. The number of likely N-dealkylation sites (N-methyl/N-ethyl adjacent to an activating group) is 2. The van der Waals surface area contributed by atoms with E-state index >= 15 is 0 Å². The summed E-state index contributed by atoms with van der Waals surface area (Å²) in [7, 11) is 4.68. The number of carboxylic acid groups (broad SMARTS) is 2. The SMILES string of the molecule is CC[C@]1(C(=O)O)C[C@@H](C(=O)N(C)CC(=O)O)[C@@H](c2ccc(OC)cc2)N1C. The minimum atomic E-state index is -1.19. The van der Waals surface area contributed by atoms with Crippen LogP contribution in [0.1, 0.15) is 31.4 Å². The van der Waals surface area contributed by atoms with Gasteiger partial charge in [0.25, 0.3) is 0 Å². The average Bonchev–Trinajstić information content (AvgIpc) is 2.94. The second-order valence-electron chi connectivity index (χ2n) is 6.92. The summed E-state index contributed by atoms with van der Waals surface area (Å²) in [6.07, 6.45) is 0.451. The lowest BCUT2D eigenvalue weighted by molar-refractivity contribution is -0.150. The van der Waals surface area contributed by atoms with E-state index in [0.717, 1.165) is 10.5 Å². The van der Waals surface area contributed by atoms with Crippen LogP contribution >= 0.6 is 0 Å². The van der Waals surface area contributed by atoms with Gasteiger partial charge in [-0.05, 0) is 37.6 Å². The van der Waals surface area contributed by atoms with Crippen molar-refractivity contribution in [2.24, 2.45) is 5.92 Å². The van der Waals surface area contributed by atoms with Crippen molar-refractivity contribution in [3.8, 4) is 5.75 Å². The van der Waals surface area contributed by atoms with E-state index in [4.69, 9.17) is 9.84 Å². The van der Waals surface area contributed by atoms with Gasteiger partial charge in [-0.3, -0.25) is 19.3 Å². The molecule has 1 aliphatic heterocycles. The molecule has 148 valence electrons. The van der Waals surface area contributed by atoms with Crippen LogP contribution in [-0.4, -0.2) is 71.1 Å². The summed E-state index contributed by atoms with van der Waals surface area (Å²) in [6, 6.07) is 6.67. The first-order chi connectivity index (χ1) is 12.7. The van der Waals surface area contributed by atoms with Gasteiger partial charge in [0.2, 0.25) is 5.91 Å². The minimum Gasteiger partial charge on any atom is -0.497 e. The van der Waals surface area contributed by atoms with Crippen molar-refractivity contribution in [3.05, 3.63) is 29.8 Å². The van der Waals surface area contributed by atoms with Gasteiger partial charge in [0, 0.05) is 13.1 Å². The van der Waals surface area contributed by atoms with Crippen molar-refractivity contribution in [1.82, 2.24) is 9.80 Å². The molecule has 1 heterocycles. The van der Waals surface area contributed by atoms with E-state index in [2.05, 4.69) is 0 Å². The molecule has 1 saturated heterocycles. The molecular formula is C19H26N2O6. The largest absolute Gasteiger partial charge is 0.497 e.